The molecule has 0 aliphatic carbocycles. The van der Waals surface area contributed by atoms with Crippen molar-refractivity contribution in [3.05, 3.63) is 29.3 Å². The normalized spacial score (nSPS) is 17.2. The summed E-state index contributed by atoms with van der Waals surface area (Å²) in [5.41, 5.74) is 2.02. The van der Waals surface area contributed by atoms with Crippen molar-refractivity contribution in [1.82, 2.24) is 4.90 Å². The van der Waals surface area contributed by atoms with E-state index in [0.717, 1.165) is 5.56 Å². The Balaban J connectivity index is 2.05. The van der Waals surface area contributed by atoms with Crippen molar-refractivity contribution in [3.63, 3.8) is 0 Å². The van der Waals surface area contributed by atoms with Gasteiger partial charge in [0.15, 0.2) is 0 Å². The van der Waals surface area contributed by atoms with Gasteiger partial charge in [-0.1, -0.05) is 13.8 Å². The van der Waals surface area contributed by atoms with Crippen molar-refractivity contribution >= 4 is 23.5 Å². The lowest BCUT2D eigenvalue weighted by Crippen LogP contribution is -2.30. The van der Waals surface area contributed by atoms with Crippen molar-refractivity contribution < 1.29 is 19.5 Å². The van der Waals surface area contributed by atoms with E-state index in [4.69, 9.17) is 5.11 Å². The summed E-state index contributed by atoms with van der Waals surface area (Å²) < 4.78 is 0. The van der Waals surface area contributed by atoms with Crippen molar-refractivity contribution in [2.45, 2.75) is 33.6 Å². The van der Waals surface area contributed by atoms with Crippen LogP contribution in [0.5, 0.6) is 0 Å². The molecule has 1 fully saturated rings. The molecule has 1 atom stereocenters. The van der Waals surface area contributed by atoms with Crippen molar-refractivity contribution in [2.75, 3.05) is 18.4 Å². The summed E-state index contributed by atoms with van der Waals surface area (Å²) in [5.74, 6) is -1.27. The van der Waals surface area contributed by atoms with Crippen LogP contribution in [0.2, 0.25) is 0 Å². The third-order valence-corrected chi connectivity index (χ3v) is 4.17. The Hall–Kier alpha value is -2.37. The second-order valence-corrected chi connectivity index (χ2v) is 6.75. The fraction of sp³-hybridized carbons (Fsp3) is 0.500. The van der Waals surface area contributed by atoms with Gasteiger partial charge < -0.3 is 15.3 Å². The molecule has 2 rings (SSSR count). The number of hydrogen-bond acceptors (Lipinski definition) is 3. The highest BCUT2D eigenvalue weighted by molar-refractivity contribution is 5.97. The van der Waals surface area contributed by atoms with Crippen LogP contribution in [0.1, 0.15) is 42.6 Å². The number of likely N-dealkylation sites (tertiary alicyclic amines) is 1. The standard InChI is InChI=1S/C18H24N2O4/c1-11(2)8-16(21)19-15-5-4-13(9-12(15)3)17(22)20-7-6-14(10-20)18(23)24/h4-5,9,11,14H,6-8,10H2,1-3H3,(H,19,21)(H,23,24). The molecule has 6 heteroatoms. The zero-order chi connectivity index (χ0) is 17.9. The lowest BCUT2D eigenvalue weighted by atomic mass is 10.1. The third-order valence-electron chi connectivity index (χ3n) is 4.17. The van der Waals surface area contributed by atoms with Gasteiger partial charge >= 0.3 is 5.97 Å². The van der Waals surface area contributed by atoms with Crippen LogP contribution in [0.4, 0.5) is 5.69 Å². The summed E-state index contributed by atoms with van der Waals surface area (Å²) in [7, 11) is 0. The zero-order valence-electron chi connectivity index (χ0n) is 14.3. The molecule has 24 heavy (non-hydrogen) atoms. The maximum atomic E-state index is 12.5. The number of carboxylic acid groups (broad SMARTS) is 1. The van der Waals surface area contributed by atoms with Gasteiger partial charge in [-0.15, -0.1) is 0 Å². The number of hydrogen-bond donors (Lipinski definition) is 2. The smallest absolute Gasteiger partial charge is 0.308 e. The number of amides is 2. The fourth-order valence-electron chi connectivity index (χ4n) is 2.84. The Kier molecular flexibility index (Phi) is 5.59. The van der Waals surface area contributed by atoms with E-state index >= 15 is 0 Å². The highest BCUT2D eigenvalue weighted by Gasteiger charge is 2.31. The van der Waals surface area contributed by atoms with E-state index in [9.17, 15) is 14.4 Å². The first-order chi connectivity index (χ1) is 11.3. The molecule has 2 amide bonds. The fourth-order valence-corrected chi connectivity index (χ4v) is 2.84. The Labute approximate surface area is 141 Å². The number of aliphatic carboxylic acids is 1. The molecule has 0 spiro atoms. The van der Waals surface area contributed by atoms with E-state index in [1.165, 1.54) is 0 Å². The van der Waals surface area contributed by atoms with Gasteiger partial charge in [-0.25, -0.2) is 0 Å². The third kappa shape index (κ3) is 4.34. The first kappa shape index (κ1) is 18.0. The molecule has 2 N–H and O–H groups in total. The number of nitrogens with zero attached hydrogens (tertiary/aromatic N) is 1. The van der Waals surface area contributed by atoms with E-state index in [-0.39, 0.29) is 24.3 Å². The van der Waals surface area contributed by atoms with Gasteiger partial charge in [0.1, 0.15) is 0 Å². The van der Waals surface area contributed by atoms with Gasteiger partial charge in [0, 0.05) is 30.8 Å². The van der Waals surface area contributed by atoms with Crippen LogP contribution in [0.25, 0.3) is 0 Å². The summed E-state index contributed by atoms with van der Waals surface area (Å²) in [6.45, 7) is 6.51. The molecule has 1 saturated heterocycles. The molecule has 130 valence electrons. The summed E-state index contributed by atoms with van der Waals surface area (Å²) in [4.78, 5) is 36.9. The summed E-state index contributed by atoms with van der Waals surface area (Å²) in [6.07, 6.45) is 0.938. The van der Waals surface area contributed by atoms with Crippen LogP contribution in [0.15, 0.2) is 18.2 Å². The summed E-state index contributed by atoms with van der Waals surface area (Å²) in [6, 6.07) is 5.14. The zero-order valence-corrected chi connectivity index (χ0v) is 14.3. The molecule has 1 aliphatic rings. The molecule has 1 heterocycles. The number of rotatable bonds is 5. The van der Waals surface area contributed by atoms with Gasteiger partial charge in [0.25, 0.3) is 5.91 Å². The van der Waals surface area contributed by atoms with Crippen LogP contribution in [0.3, 0.4) is 0 Å². The number of nitrogens with one attached hydrogen (secondary N) is 1. The number of carbonyl (C=O) groups is 3. The largest absolute Gasteiger partial charge is 0.481 e. The van der Waals surface area contributed by atoms with Gasteiger partial charge in [0.05, 0.1) is 5.92 Å². The van der Waals surface area contributed by atoms with E-state index in [1.807, 2.05) is 20.8 Å². The van der Waals surface area contributed by atoms with E-state index in [1.54, 1.807) is 23.1 Å². The average molecular weight is 332 g/mol. The maximum Gasteiger partial charge on any atom is 0.308 e. The molecular weight excluding hydrogens is 308 g/mol. The molecule has 1 aromatic carbocycles. The Bertz CT molecular complexity index is 654. The monoisotopic (exact) mass is 332 g/mol. The predicted octanol–water partition coefficient (Wildman–Crippen LogP) is 2.53. The minimum atomic E-state index is -0.857. The highest BCUT2D eigenvalue weighted by Crippen LogP contribution is 2.22. The van der Waals surface area contributed by atoms with Gasteiger partial charge in [-0.2, -0.15) is 0 Å². The molecule has 1 unspecified atom stereocenters. The van der Waals surface area contributed by atoms with Crippen molar-refractivity contribution in [2.24, 2.45) is 11.8 Å². The first-order valence-corrected chi connectivity index (χ1v) is 8.20. The minimum absolute atomic E-state index is 0.0454. The molecule has 0 bridgehead atoms. The second kappa shape index (κ2) is 7.47. The Morgan fingerprint density at radius 1 is 1.33 bits per heavy atom. The number of benzene rings is 1. The first-order valence-electron chi connectivity index (χ1n) is 8.20. The van der Waals surface area contributed by atoms with Crippen LogP contribution < -0.4 is 5.32 Å². The topological polar surface area (TPSA) is 86.7 Å². The molecule has 1 aliphatic heterocycles. The quantitative estimate of drug-likeness (QED) is 0.867. The molecule has 0 radical (unpaired) electrons. The minimum Gasteiger partial charge on any atom is -0.481 e. The summed E-state index contributed by atoms with van der Waals surface area (Å²) in [5, 5.41) is 11.9. The van der Waals surface area contributed by atoms with Gasteiger partial charge in [0.2, 0.25) is 5.91 Å². The van der Waals surface area contributed by atoms with Crippen LogP contribution in [-0.4, -0.2) is 40.9 Å². The van der Waals surface area contributed by atoms with Crippen molar-refractivity contribution in [1.29, 1.82) is 0 Å². The maximum absolute atomic E-state index is 12.5. The Morgan fingerprint density at radius 3 is 2.58 bits per heavy atom. The van der Waals surface area contributed by atoms with E-state index in [0.29, 0.717) is 30.6 Å². The highest BCUT2D eigenvalue weighted by atomic mass is 16.4. The predicted molar refractivity (Wildman–Crippen MR) is 90.9 cm³/mol. The number of carboxylic acids is 1. The lowest BCUT2D eigenvalue weighted by molar-refractivity contribution is -0.141. The molecule has 0 saturated carbocycles. The molecule has 6 nitrogen and oxygen atoms in total. The average Bonchev–Trinajstić information content (AvgIpc) is 2.97. The van der Waals surface area contributed by atoms with Crippen molar-refractivity contribution in [3.8, 4) is 0 Å². The van der Waals surface area contributed by atoms with Crippen LogP contribution in [0, 0.1) is 18.8 Å². The summed E-state index contributed by atoms with van der Waals surface area (Å²) >= 11 is 0. The van der Waals surface area contributed by atoms with E-state index in [2.05, 4.69) is 5.32 Å². The Morgan fingerprint density at radius 2 is 2.04 bits per heavy atom. The molecular formula is C18H24N2O4. The van der Waals surface area contributed by atoms with Gasteiger partial charge in [-0.3, -0.25) is 14.4 Å². The lowest BCUT2D eigenvalue weighted by Gasteiger charge is -2.17. The second-order valence-electron chi connectivity index (χ2n) is 6.75. The van der Waals surface area contributed by atoms with Crippen LogP contribution >= 0.6 is 0 Å². The number of anilines is 1. The van der Waals surface area contributed by atoms with Gasteiger partial charge in [-0.05, 0) is 43.0 Å². The van der Waals surface area contributed by atoms with E-state index < -0.39 is 11.9 Å². The number of carbonyl (C=O) groups excluding carboxylic acids is 2. The SMILES string of the molecule is Cc1cc(C(=O)N2CCC(C(=O)O)C2)ccc1NC(=O)CC(C)C. The molecule has 1 aromatic rings. The number of aryl methyl sites for hydroxylation is 1. The molecule has 0 aromatic heterocycles. The van der Waals surface area contributed by atoms with Crippen LogP contribution in [-0.2, 0) is 9.59 Å².